The number of pyridine rings is 2. The van der Waals surface area contributed by atoms with E-state index in [1.54, 1.807) is 91.4 Å². The normalized spacial score (nSPS) is 11.4. The SMILES string of the molecule is COc1ccc(-c2ccc3cnc(-c4c(N)cccc4N)nn23)cn1.COc1ccc(-c2ccc3cnc(Nc4cccc(NC(=O)[C@@H](C)OC)c4)nn23)cn1. The predicted octanol–water partition coefficient (Wildman–Crippen LogP) is 6.15. The number of nitrogens with one attached hydrogen (secondary N) is 2. The highest BCUT2D eigenvalue weighted by Gasteiger charge is 2.15. The molecule has 0 bridgehead atoms. The highest BCUT2D eigenvalue weighted by atomic mass is 16.5. The molecule has 0 unspecified atom stereocenters. The van der Waals surface area contributed by atoms with Gasteiger partial charge in [0.2, 0.25) is 17.7 Å². The molecule has 0 saturated heterocycles. The molecule has 8 aromatic rings. The van der Waals surface area contributed by atoms with Crippen LogP contribution in [0, 0.1) is 0 Å². The summed E-state index contributed by atoms with van der Waals surface area (Å²) in [5, 5.41) is 15.2. The van der Waals surface area contributed by atoms with Crippen molar-refractivity contribution in [3.63, 3.8) is 0 Å². The molecule has 6 N–H and O–H groups in total. The molecule has 0 aliphatic rings. The fraction of sp³-hybridized carbons (Fsp3) is 0.125. The summed E-state index contributed by atoms with van der Waals surface area (Å²) in [5.41, 5.74) is 20.5. The number of hydrogen-bond donors (Lipinski definition) is 4. The lowest BCUT2D eigenvalue weighted by atomic mass is 10.1. The molecule has 2 aromatic carbocycles. The number of carbonyl (C=O) groups excluding carboxylic acids is 1. The minimum absolute atomic E-state index is 0.220. The molecule has 282 valence electrons. The number of fused-ring (bicyclic) bond motifs is 2. The van der Waals surface area contributed by atoms with Crippen LogP contribution in [-0.2, 0) is 9.53 Å². The highest BCUT2D eigenvalue weighted by Crippen LogP contribution is 2.30. The van der Waals surface area contributed by atoms with Gasteiger partial charge in [-0.25, -0.2) is 29.0 Å². The van der Waals surface area contributed by atoms with Crippen LogP contribution in [0.1, 0.15) is 6.92 Å². The van der Waals surface area contributed by atoms with Gasteiger partial charge in [-0.05, 0) is 73.7 Å². The molecule has 16 heteroatoms. The second-order valence-electron chi connectivity index (χ2n) is 12.3. The van der Waals surface area contributed by atoms with E-state index in [9.17, 15) is 4.79 Å². The van der Waals surface area contributed by atoms with Gasteiger partial charge < -0.3 is 36.3 Å². The van der Waals surface area contributed by atoms with Gasteiger partial charge in [-0.15, -0.1) is 10.2 Å². The minimum Gasteiger partial charge on any atom is -0.481 e. The van der Waals surface area contributed by atoms with E-state index in [1.807, 2.05) is 54.6 Å². The number of ether oxygens (including phenoxy) is 3. The number of anilines is 5. The first-order valence-electron chi connectivity index (χ1n) is 17.3. The van der Waals surface area contributed by atoms with E-state index >= 15 is 0 Å². The minimum atomic E-state index is -0.540. The number of carbonyl (C=O) groups is 1. The average Bonchev–Trinajstić information content (AvgIpc) is 3.85. The van der Waals surface area contributed by atoms with Crippen LogP contribution in [0.2, 0.25) is 0 Å². The van der Waals surface area contributed by atoms with Gasteiger partial charge in [-0.3, -0.25) is 4.79 Å². The van der Waals surface area contributed by atoms with E-state index in [0.717, 1.165) is 39.2 Å². The molecule has 0 aliphatic carbocycles. The zero-order valence-corrected chi connectivity index (χ0v) is 30.9. The quantitative estimate of drug-likeness (QED) is 0.116. The maximum atomic E-state index is 12.0. The lowest BCUT2D eigenvalue weighted by molar-refractivity contribution is -0.124. The summed E-state index contributed by atoms with van der Waals surface area (Å²) in [7, 11) is 4.66. The van der Waals surface area contributed by atoms with Crippen molar-refractivity contribution < 1.29 is 19.0 Å². The third kappa shape index (κ3) is 7.85. The molecule has 0 aliphatic heterocycles. The summed E-state index contributed by atoms with van der Waals surface area (Å²) < 4.78 is 18.9. The molecule has 56 heavy (non-hydrogen) atoms. The Bertz CT molecular complexity index is 2600. The van der Waals surface area contributed by atoms with Crippen LogP contribution in [-0.4, -0.2) is 72.5 Å². The van der Waals surface area contributed by atoms with Gasteiger partial charge in [0, 0.05) is 65.5 Å². The lowest BCUT2D eigenvalue weighted by Gasteiger charge is -2.12. The highest BCUT2D eigenvalue weighted by molar-refractivity contribution is 5.94. The molecule has 1 atom stereocenters. The Kier molecular flexibility index (Phi) is 10.6. The Hall–Kier alpha value is -7.59. The van der Waals surface area contributed by atoms with Crippen molar-refractivity contribution in [2.75, 3.05) is 43.4 Å². The third-order valence-corrected chi connectivity index (χ3v) is 8.74. The van der Waals surface area contributed by atoms with Crippen molar-refractivity contribution in [2.24, 2.45) is 0 Å². The van der Waals surface area contributed by atoms with Crippen LogP contribution >= 0.6 is 0 Å². The van der Waals surface area contributed by atoms with Crippen molar-refractivity contribution in [3.8, 4) is 45.7 Å². The van der Waals surface area contributed by atoms with E-state index < -0.39 is 6.10 Å². The lowest BCUT2D eigenvalue weighted by Crippen LogP contribution is -2.26. The fourth-order valence-corrected chi connectivity index (χ4v) is 5.72. The average molecular weight is 751 g/mol. The second-order valence-corrected chi connectivity index (χ2v) is 12.3. The van der Waals surface area contributed by atoms with Crippen molar-refractivity contribution in [2.45, 2.75) is 13.0 Å². The molecular weight excluding hydrogens is 713 g/mol. The first kappa shape index (κ1) is 36.8. The molecule has 0 radical (unpaired) electrons. The van der Waals surface area contributed by atoms with E-state index in [1.165, 1.54) is 7.11 Å². The summed E-state index contributed by atoms with van der Waals surface area (Å²) in [6.07, 6.45) is 6.43. The molecular formula is C40H38N12O4. The Balaban J connectivity index is 0.000000175. The van der Waals surface area contributed by atoms with Crippen molar-refractivity contribution in [1.29, 1.82) is 0 Å². The number of nitrogen functional groups attached to an aromatic ring is 2. The number of benzene rings is 2. The van der Waals surface area contributed by atoms with Crippen LogP contribution in [0.25, 0.3) is 44.9 Å². The predicted molar refractivity (Wildman–Crippen MR) is 215 cm³/mol. The monoisotopic (exact) mass is 750 g/mol. The van der Waals surface area contributed by atoms with E-state index in [-0.39, 0.29) is 5.91 Å². The molecule has 1 amide bonds. The third-order valence-electron chi connectivity index (χ3n) is 8.74. The van der Waals surface area contributed by atoms with Gasteiger partial charge >= 0.3 is 0 Å². The molecule has 6 heterocycles. The molecule has 0 saturated carbocycles. The van der Waals surface area contributed by atoms with Gasteiger partial charge in [0.1, 0.15) is 6.10 Å². The number of amides is 1. The number of rotatable bonds is 10. The molecule has 8 rings (SSSR count). The molecule has 0 fully saturated rings. The number of aromatic nitrogens is 8. The Morgan fingerprint density at radius 2 is 1.23 bits per heavy atom. The van der Waals surface area contributed by atoms with Crippen LogP contribution < -0.4 is 31.6 Å². The largest absolute Gasteiger partial charge is 0.481 e. The van der Waals surface area contributed by atoms with Crippen molar-refractivity contribution in [1.82, 2.24) is 39.2 Å². The Morgan fingerprint density at radius 3 is 1.80 bits per heavy atom. The number of hydrogen-bond acceptors (Lipinski definition) is 13. The standard InChI is InChI=1S/C22H22N6O3.C18H16N6O/c1-14(30-2)21(29)25-16-5-4-6-17(11-16)26-22-24-13-18-8-9-19(28(18)27-22)15-7-10-20(31-3)23-12-15;1-25-16-8-5-11(9-21-16)15-7-6-12-10-22-18(23-24(12)15)17-13(19)3-2-4-14(17)20/h4-14H,1-3H3,(H,25,29)(H,26,27);2-10H,19-20H2,1H3/t14-;/m1./s1. The van der Waals surface area contributed by atoms with Gasteiger partial charge in [0.05, 0.1) is 54.6 Å². The topological polar surface area (TPSA) is 207 Å². The summed E-state index contributed by atoms with van der Waals surface area (Å²) in [4.78, 5) is 29.3. The first-order chi connectivity index (χ1) is 27.2. The zero-order chi connectivity index (χ0) is 39.2. The van der Waals surface area contributed by atoms with Crippen LogP contribution in [0.3, 0.4) is 0 Å². The van der Waals surface area contributed by atoms with Crippen molar-refractivity contribution >= 4 is 45.6 Å². The maximum absolute atomic E-state index is 12.0. The second kappa shape index (κ2) is 16.2. The van der Waals surface area contributed by atoms with Gasteiger partial charge in [0.15, 0.2) is 5.82 Å². The van der Waals surface area contributed by atoms with Gasteiger partial charge in [0.25, 0.3) is 5.91 Å². The number of methoxy groups -OCH3 is 3. The van der Waals surface area contributed by atoms with Crippen molar-refractivity contribution in [3.05, 3.63) is 116 Å². The van der Waals surface area contributed by atoms with Gasteiger partial charge in [-0.2, -0.15) is 0 Å². The van der Waals surface area contributed by atoms with Crippen LogP contribution in [0.4, 0.5) is 28.7 Å². The molecule has 0 spiro atoms. The zero-order valence-electron chi connectivity index (χ0n) is 30.9. The summed E-state index contributed by atoms with van der Waals surface area (Å²) in [5.74, 6) is 1.78. The maximum Gasteiger partial charge on any atom is 0.253 e. The summed E-state index contributed by atoms with van der Waals surface area (Å²) in [6, 6.07) is 28.0. The Morgan fingerprint density at radius 1 is 0.661 bits per heavy atom. The Labute approximate surface area is 321 Å². The van der Waals surface area contributed by atoms with Crippen LogP contribution in [0.15, 0.2) is 116 Å². The van der Waals surface area contributed by atoms with E-state index in [2.05, 4.69) is 40.8 Å². The summed E-state index contributed by atoms with van der Waals surface area (Å²) >= 11 is 0. The molecule has 6 aromatic heterocycles. The fourth-order valence-electron chi connectivity index (χ4n) is 5.72. The van der Waals surface area contributed by atoms with Gasteiger partial charge in [-0.1, -0.05) is 12.1 Å². The smallest absolute Gasteiger partial charge is 0.253 e. The first-order valence-corrected chi connectivity index (χ1v) is 17.3. The number of nitrogens with zero attached hydrogens (tertiary/aromatic N) is 8. The van der Waals surface area contributed by atoms with E-state index in [4.69, 9.17) is 25.7 Å². The summed E-state index contributed by atoms with van der Waals surface area (Å²) in [6.45, 7) is 1.69. The number of nitrogens with two attached hydrogens (primary N) is 2. The van der Waals surface area contributed by atoms with Crippen LogP contribution in [0.5, 0.6) is 11.8 Å². The van der Waals surface area contributed by atoms with E-state index in [0.29, 0.717) is 46.2 Å². The molecule has 16 nitrogen and oxygen atoms in total.